The number of hydrogen-bond donors (Lipinski definition) is 2. The zero-order valence-electron chi connectivity index (χ0n) is 13.2. The quantitative estimate of drug-likeness (QED) is 0.855. The Kier molecular flexibility index (Phi) is 3.99. The molecule has 0 unspecified atom stereocenters. The number of hydrogen-bond acceptors (Lipinski definition) is 3. The van der Waals surface area contributed by atoms with Crippen molar-refractivity contribution >= 4 is 38.6 Å². The fourth-order valence-corrected chi connectivity index (χ4v) is 3.39. The third-order valence-electron chi connectivity index (χ3n) is 4.37. The number of aromatic nitrogens is 2. The summed E-state index contributed by atoms with van der Waals surface area (Å²) in [6, 6.07) is 4.07. The maximum atomic E-state index is 12.6. The molecule has 1 saturated carbocycles. The molecule has 3 rings (SSSR count). The lowest BCUT2D eigenvalue weighted by atomic mass is 10.0. The molecule has 0 saturated heterocycles. The molecule has 2 aromatic rings. The number of aromatic amines is 1. The van der Waals surface area contributed by atoms with Gasteiger partial charge in [0.2, 0.25) is 5.91 Å². The van der Waals surface area contributed by atoms with Gasteiger partial charge in [-0.1, -0.05) is 0 Å². The van der Waals surface area contributed by atoms with Gasteiger partial charge < -0.3 is 10.2 Å². The standard InChI is InChI=1S/C16H21BrN4O/c1-10-8-11-13(12(17)9-10)19-20-14(11)18-15(22)16(4-5-16)6-7-21(2)3/h8-9H,4-7H2,1-3H3,(H2,18,19,20,22). The molecule has 118 valence electrons. The summed E-state index contributed by atoms with van der Waals surface area (Å²) in [5, 5.41) is 11.2. The second-order valence-corrected chi connectivity index (χ2v) is 7.38. The summed E-state index contributed by atoms with van der Waals surface area (Å²) in [4.78, 5) is 14.7. The van der Waals surface area contributed by atoms with Crippen LogP contribution in [0, 0.1) is 12.3 Å². The Morgan fingerprint density at radius 2 is 2.18 bits per heavy atom. The highest BCUT2D eigenvalue weighted by molar-refractivity contribution is 9.10. The molecular weight excluding hydrogens is 344 g/mol. The van der Waals surface area contributed by atoms with Gasteiger partial charge in [0.15, 0.2) is 5.82 Å². The number of nitrogens with one attached hydrogen (secondary N) is 2. The van der Waals surface area contributed by atoms with Crippen molar-refractivity contribution in [1.29, 1.82) is 0 Å². The minimum absolute atomic E-state index is 0.0976. The number of rotatable bonds is 5. The molecule has 1 aromatic heterocycles. The maximum absolute atomic E-state index is 12.6. The van der Waals surface area contributed by atoms with E-state index in [0.29, 0.717) is 5.82 Å². The second kappa shape index (κ2) is 5.66. The number of amides is 1. The first-order valence-corrected chi connectivity index (χ1v) is 8.31. The van der Waals surface area contributed by atoms with E-state index in [4.69, 9.17) is 0 Å². The summed E-state index contributed by atoms with van der Waals surface area (Å²) in [6.07, 6.45) is 2.84. The first-order chi connectivity index (χ1) is 10.4. The van der Waals surface area contributed by atoms with Gasteiger partial charge in [-0.25, -0.2) is 0 Å². The summed E-state index contributed by atoms with van der Waals surface area (Å²) in [5.74, 6) is 0.723. The monoisotopic (exact) mass is 364 g/mol. The SMILES string of the molecule is Cc1cc(Br)c2[nH]nc(NC(=O)C3(CCN(C)C)CC3)c2c1. The lowest BCUT2D eigenvalue weighted by Crippen LogP contribution is -2.28. The fraction of sp³-hybridized carbons (Fsp3) is 0.500. The van der Waals surface area contributed by atoms with Gasteiger partial charge in [0.1, 0.15) is 0 Å². The van der Waals surface area contributed by atoms with E-state index in [0.717, 1.165) is 46.7 Å². The van der Waals surface area contributed by atoms with Crippen LogP contribution in [0.15, 0.2) is 16.6 Å². The van der Waals surface area contributed by atoms with Crippen LogP contribution in [0.1, 0.15) is 24.8 Å². The Bertz CT molecular complexity index is 718. The number of fused-ring (bicyclic) bond motifs is 1. The van der Waals surface area contributed by atoms with Crippen LogP contribution < -0.4 is 5.32 Å². The Labute approximate surface area is 138 Å². The third-order valence-corrected chi connectivity index (χ3v) is 5.00. The molecule has 0 spiro atoms. The van der Waals surface area contributed by atoms with Crippen molar-refractivity contribution in [3.63, 3.8) is 0 Å². The van der Waals surface area contributed by atoms with Crippen LogP contribution in [0.2, 0.25) is 0 Å². The highest BCUT2D eigenvalue weighted by Gasteiger charge is 2.49. The fourth-order valence-electron chi connectivity index (χ4n) is 2.73. The minimum Gasteiger partial charge on any atom is -0.309 e. The maximum Gasteiger partial charge on any atom is 0.231 e. The van der Waals surface area contributed by atoms with Crippen LogP contribution in [-0.2, 0) is 4.79 Å². The van der Waals surface area contributed by atoms with Crippen molar-refractivity contribution in [3.8, 4) is 0 Å². The number of benzene rings is 1. The van der Waals surface area contributed by atoms with Gasteiger partial charge in [-0.2, -0.15) is 5.10 Å². The molecule has 1 aromatic carbocycles. The van der Waals surface area contributed by atoms with E-state index in [1.807, 2.05) is 33.2 Å². The lowest BCUT2D eigenvalue weighted by Gasteiger charge is -2.17. The number of carbonyl (C=O) groups is 1. The Balaban J connectivity index is 1.80. The molecule has 2 N–H and O–H groups in total. The van der Waals surface area contributed by atoms with Crippen LogP contribution in [0.4, 0.5) is 5.82 Å². The van der Waals surface area contributed by atoms with Crippen molar-refractivity contribution in [3.05, 3.63) is 22.2 Å². The van der Waals surface area contributed by atoms with E-state index < -0.39 is 0 Å². The molecule has 0 atom stereocenters. The van der Waals surface area contributed by atoms with Gasteiger partial charge in [-0.3, -0.25) is 9.89 Å². The van der Waals surface area contributed by atoms with Crippen LogP contribution in [0.5, 0.6) is 0 Å². The first kappa shape index (κ1) is 15.5. The van der Waals surface area contributed by atoms with Crippen molar-refractivity contribution in [2.24, 2.45) is 5.41 Å². The second-order valence-electron chi connectivity index (χ2n) is 6.53. The summed E-state index contributed by atoms with van der Waals surface area (Å²) < 4.78 is 0.962. The van der Waals surface area contributed by atoms with E-state index >= 15 is 0 Å². The van der Waals surface area contributed by atoms with Gasteiger partial charge in [-0.15, -0.1) is 0 Å². The molecule has 1 amide bonds. The predicted octanol–water partition coefficient (Wildman–Crippen LogP) is 3.30. The molecule has 22 heavy (non-hydrogen) atoms. The van der Waals surface area contributed by atoms with Gasteiger partial charge in [0.05, 0.1) is 10.9 Å². The van der Waals surface area contributed by atoms with Crippen molar-refractivity contribution < 1.29 is 4.79 Å². The van der Waals surface area contributed by atoms with Crippen LogP contribution in [0.25, 0.3) is 10.9 Å². The van der Waals surface area contributed by atoms with Crippen molar-refractivity contribution in [2.45, 2.75) is 26.2 Å². The van der Waals surface area contributed by atoms with E-state index in [9.17, 15) is 4.79 Å². The molecule has 1 heterocycles. The first-order valence-electron chi connectivity index (χ1n) is 7.52. The number of nitrogens with zero attached hydrogens (tertiary/aromatic N) is 2. The zero-order chi connectivity index (χ0) is 15.9. The largest absolute Gasteiger partial charge is 0.309 e. The average Bonchev–Trinajstić information content (AvgIpc) is 3.14. The van der Waals surface area contributed by atoms with Gasteiger partial charge >= 0.3 is 0 Å². The highest BCUT2D eigenvalue weighted by atomic mass is 79.9. The Morgan fingerprint density at radius 1 is 1.45 bits per heavy atom. The predicted molar refractivity (Wildman–Crippen MR) is 92.0 cm³/mol. The molecule has 5 nitrogen and oxygen atoms in total. The number of aryl methyl sites for hydroxylation is 1. The van der Waals surface area contributed by atoms with Crippen molar-refractivity contribution in [1.82, 2.24) is 15.1 Å². The van der Waals surface area contributed by atoms with Crippen LogP contribution in [0.3, 0.4) is 0 Å². The number of halogens is 1. The molecule has 1 aliphatic carbocycles. The molecule has 1 aliphatic rings. The number of carbonyl (C=O) groups excluding carboxylic acids is 1. The summed E-state index contributed by atoms with van der Waals surface area (Å²) in [5.41, 5.74) is 1.85. The zero-order valence-corrected chi connectivity index (χ0v) is 14.7. The van der Waals surface area contributed by atoms with Gasteiger partial charge in [0, 0.05) is 9.86 Å². The van der Waals surface area contributed by atoms with E-state index in [2.05, 4.69) is 36.3 Å². The molecule has 0 radical (unpaired) electrons. The molecule has 0 bridgehead atoms. The van der Waals surface area contributed by atoms with E-state index in [-0.39, 0.29) is 11.3 Å². The lowest BCUT2D eigenvalue weighted by molar-refractivity contribution is -0.121. The molecule has 0 aliphatic heterocycles. The van der Waals surface area contributed by atoms with Gasteiger partial charge in [0.25, 0.3) is 0 Å². The molecular formula is C16H21BrN4O. The normalized spacial score (nSPS) is 16.2. The summed E-state index contributed by atoms with van der Waals surface area (Å²) >= 11 is 3.53. The molecule has 6 heteroatoms. The molecule has 1 fully saturated rings. The Morgan fingerprint density at radius 3 is 2.82 bits per heavy atom. The van der Waals surface area contributed by atoms with E-state index in [1.54, 1.807) is 0 Å². The number of anilines is 1. The summed E-state index contributed by atoms with van der Waals surface area (Å²) in [6.45, 7) is 2.96. The Hall–Kier alpha value is -1.40. The average molecular weight is 365 g/mol. The van der Waals surface area contributed by atoms with Gasteiger partial charge in [-0.05, 0) is 80.5 Å². The minimum atomic E-state index is -0.198. The highest BCUT2D eigenvalue weighted by Crippen LogP contribution is 2.49. The van der Waals surface area contributed by atoms with Crippen LogP contribution in [-0.4, -0.2) is 41.6 Å². The smallest absolute Gasteiger partial charge is 0.231 e. The van der Waals surface area contributed by atoms with E-state index in [1.165, 1.54) is 0 Å². The summed E-state index contributed by atoms with van der Waals surface area (Å²) in [7, 11) is 4.07. The van der Waals surface area contributed by atoms with Crippen LogP contribution >= 0.6 is 15.9 Å². The third kappa shape index (κ3) is 2.90. The topological polar surface area (TPSA) is 61.0 Å². The number of H-pyrrole nitrogens is 1. The van der Waals surface area contributed by atoms with Crippen molar-refractivity contribution in [2.75, 3.05) is 26.0 Å².